The first kappa shape index (κ1) is 8.57. The van der Waals surface area contributed by atoms with E-state index in [-0.39, 0.29) is 6.29 Å². The fraction of sp³-hybridized carbons (Fsp3) is 0.250. The smallest absolute Gasteiger partial charge is 0.321 e. The Bertz CT molecular complexity index is 154. The first-order chi connectivity index (χ1) is 4.70. The Morgan fingerprint density at radius 3 is 2.40 bits per heavy atom. The van der Waals surface area contributed by atoms with Gasteiger partial charge in [-0.15, -0.1) is 0 Å². The van der Waals surface area contributed by atoms with Gasteiger partial charge in [0.15, 0.2) is 0 Å². The van der Waals surface area contributed by atoms with E-state index in [1.807, 2.05) is 0 Å². The topological polar surface area (TPSA) is 95.7 Å². The van der Waals surface area contributed by atoms with Gasteiger partial charge in [0.05, 0.1) is 6.54 Å². The quantitative estimate of drug-likeness (QED) is 0.213. The van der Waals surface area contributed by atoms with Crippen molar-refractivity contribution in [3.63, 3.8) is 0 Å². The maximum atomic E-state index is 10.1. The number of hydrogen-bond acceptors (Lipinski definition) is 6. The first-order valence-electron chi connectivity index (χ1n) is 2.27. The van der Waals surface area contributed by atoms with Gasteiger partial charge in [0.2, 0.25) is 6.29 Å². The van der Waals surface area contributed by atoms with E-state index in [1.165, 1.54) is 0 Å². The van der Waals surface area contributed by atoms with Crippen molar-refractivity contribution >= 4 is 18.2 Å². The van der Waals surface area contributed by atoms with E-state index in [9.17, 15) is 14.4 Å². The maximum Gasteiger partial charge on any atom is 0.418 e. The molecule has 0 saturated heterocycles. The van der Waals surface area contributed by atoms with Gasteiger partial charge in [0.25, 0.3) is 0 Å². The molecule has 0 aliphatic rings. The average molecular weight is 147 g/mol. The van der Waals surface area contributed by atoms with Gasteiger partial charge in [0.1, 0.15) is 0 Å². The Kier molecular flexibility index (Phi) is 3.81. The summed E-state index contributed by atoms with van der Waals surface area (Å²) in [6.45, 7) is -0.411. The van der Waals surface area contributed by atoms with Gasteiger partial charge < -0.3 is 5.73 Å². The molecule has 0 aliphatic heterocycles. The molecule has 0 fully saturated rings. The average Bonchev–Trinajstić information content (AvgIpc) is 1.99. The molecule has 0 aromatic rings. The molecule has 56 valence electrons. The summed E-state index contributed by atoms with van der Waals surface area (Å²) in [5, 5.41) is 0. The molecule has 0 atom stereocenters. The molecule has 0 radical (unpaired) electrons. The van der Waals surface area contributed by atoms with E-state index in [0.717, 1.165) is 0 Å². The Balaban J connectivity index is 3.44. The summed E-state index contributed by atoms with van der Waals surface area (Å²) in [5.74, 6) is -2.20. The number of nitrogens with two attached hydrogens (primary N) is 1. The molecule has 0 saturated carbocycles. The third kappa shape index (κ3) is 3.56. The number of carbonyl (C=O) groups is 3. The summed E-state index contributed by atoms with van der Waals surface area (Å²) in [4.78, 5) is 36.8. The molecule has 0 amide bonds. The Morgan fingerprint density at radius 2 is 2.00 bits per heavy atom. The zero-order valence-electron chi connectivity index (χ0n) is 4.90. The number of rotatable bonds is 2. The van der Waals surface area contributed by atoms with Crippen LogP contribution in [0.15, 0.2) is 0 Å². The summed E-state index contributed by atoms with van der Waals surface area (Å²) in [7, 11) is 0. The highest BCUT2D eigenvalue weighted by Gasteiger charge is 2.04. The summed E-state index contributed by atoms with van der Waals surface area (Å²) in [6, 6.07) is 0. The van der Waals surface area contributed by atoms with Crippen molar-refractivity contribution in [3.05, 3.63) is 0 Å². The minimum absolute atomic E-state index is 0.135. The van der Waals surface area contributed by atoms with E-state index in [2.05, 4.69) is 9.78 Å². The number of aldehydes is 1. The lowest BCUT2D eigenvalue weighted by Gasteiger charge is -1.95. The van der Waals surface area contributed by atoms with Crippen molar-refractivity contribution in [2.24, 2.45) is 5.73 Å². The van der Waals surface area contributed by atoms with E-state index >= 15 is 0 Å². The van der Waals surface area contributed by atoms with Crippen LogP contribution < -0.4 is 5.73 Å². The van der Waals surface area contributed by atoms with E-state index in [4.69, 9.17) is 5.73 Å². The molecule has 0 aromatic heterocycles. The standard InChI is InChI=1S/C4H5NO5/c5-1-3(7)9-10-4(8)2-6/h2H,1,5H2. The molecule has 0 rings (SSSR count). The normalized spacial score (nSPS) is 8.10. The van der Waals surface area contributed by atoms with Gasteiger partial charge in [-0.25, -0.2) is 19.4 Å². The Hall–Kier alpha value is -1.43. The molecule has 0 bridgehead atoms. The minimum atomic E-state index is -1.28. The van der Waals surface area contributed by atoms with E-state index in [0.29, 0.717) is 0 Å². The van der Waals surface area contributed by atoms with Crippen molar-refractivity contribution in [1.29, 1.82) is 0 Å². The van der Waals surface area contributed by atoms with E-state index in [1.54, 1.807) is 0 Å². The fourth-order valence-electron chi connectivity index (χ4n) is 0.141. The molecule has 0 heterocycles. The highest BCUT2D eigenvalue weighted by molar-refractivity contribution is 6.20. The Labute approximate surface area is 55.8 Å². The first-order valence-corrected chi connectivity index (χ1v) is 2.27. The molecule has 0 spiro atoms. The lowest BCUT2D eigenvalue weighted by atomic mass is 10.7. The van der Waals surface area contributed by atoms with Crippen LogP contribution in [0.2, 0.25) is 0 Å². The third-order valence-corrected chi connectivity index (χ3v) is 0.480. The van der Waals surface area contributed by atoms with Crippen LogP contribution in [0.25, 0.3) is 0 Å². The number of hydrogen-bond donors (Lipinski definition) is 1. The second-order valence-corrected chi connectivity index (χ2v) is 1.18. The van der Waals surface area contributed by atoms with Crippen LogP contribution >= 0.6 is 0 Å². The second-order valence-electron chi connectivity index (χ2n) is 1.18. The fourth-order valence-corrected chi connectivity index (χ4v) is 0.141. The lowest BCUT2D eigenvalue weighted by Crippen LogP contribution is -2.19. The molecule has 2 N–H and O–H groups in total. The van der Waals surface area contributed by atoms with Crippen LogP contribution in [0.5, 0.6) is 0 Å². The zero-order valence-corrected chi connectivity index (χ0v) is 4.90. The highest BCUT2D eigenvalue weighted by atomic mass is 17.2. The minimum Gasteiger partial charge on any atom is -0.321 e. The molecule has 10 heavy (non-hydrogen) atoms. The summed E-state index contributed by atoms with van der Waals surface area (Å²) >= 11 is 0. The van der Waals surface area contributed by atoms with Gasteiger partial charge >= 0.3 is 11.9 Å². The van der Waals surface area contributed by atoms with Crippen molar-refractivity contribution in [2.75, 3.05) is 6.54 Å². The molecular formula is C4H5NO5. The summed E-state index contributed by atoms with van der Waals surface area (Å²) in [6.07, 6.45) is -0.135. The predicted octanol–water partition coefficient (Wildman–Crippen LogP) is -1.85. The van der Waals surface area contributed by atoms with Crippen LogP contribution in [-0.2, 0) is 24.2 Å². The third-order valence-electron chi connectivity index (χ3n) is 0.480. The molecular weight excluding hydrogens is 142 g/mol. The van der Waals surface area contributed by atoms with Crippen LogP contribution in [-0.4, -0.2) is 24.8 Å². The van der Waals surface area contributed by atoms with E-state index < -0.39 is 18.5 Å². The largest absolute Gasteiger partial charge is 0.418 e. The van der Waals surface area contributed by atoms with Gasteiger partial charge in [0, 0.05) is 0 Å². The van der Waals surface area contributed by atoms with Crippen LogP contribution in [0.1, 0.15) is 0 Å². The monoisotopic (exact) mass is 147 g/mol. The van der Waals surface area contributed by atoms with Crippen molar-refractivity contribution < 1.29 is 24.2 Å². The molecule has 6 nitrogen and oxygen atoms in total. The van der Waals surface area contributed by atoms with Crippen molar-refractivity contribution in [2.45, 2.75) is 0 Å². The summed E-state index contributed by atoms with van der Waals surface area (Å²) in [5.41, 5.74) is 4.75. The lowest BCUT2D eigenvalue weighted by molar-refractivity contribution is -0.254. The highest BCUT2D eigenvalue weighted by Crippen LogP contribution is 1.77. The zero-order chi connectivity index (χ0) is 7.98. The maximum absolute atomic E-state index is 10.1. The van der Waals surface area contributed by atoms with Crippen molar-refractivity contribution in [1.82, 2.24) is 0 Å². The molecule has 6 heteroatoms. The summed E-state index contributed by atoms with van der Waals surface area (Å²) < 4.78 is 0. The molecule has 0 aliphatic carbocycles. The van der Waals surface area contributed by atoms with Crippen LogP contribution in [0, 0.1) is 0 Å². The van der Waals surface area contributed by atoms with Crippen LogP contribution in [0.4, 0.5) is 0 Å². The SMILES string of the molecule is NCC(=O)OOC(=O)C=O. The van der Waals surface area contributed by atoms with Gasteiger partial charge in [-0.05, 0) is 0 Å². The van der Waals surface area contributed by atoms with Gasteiger partial charge in [-0.1, -0.05) is 0 Å². The van der Waals surface area contributed by atoms with Crippen LogP contribution in [0.3, 0.4) is 0 Å². The predicted molar refractivity (Wildman–Crippen MR) is 27.3 cm³/mol. The number of carbonyl (C=O) groups excluding carboxylic acids is 3. The van der Waals surface area contributed by atoms with Gasteiger partial charge in [-0.3, -0.25) is 4.79 Å². The Morgan fingerprint density at radius 1 is 1.40 bits per heavy atom. The van der Waals surface area contributed by atoms with Gasteiger partial charge in [-0.2, -0.15) is 0 Å². The molecule has 0 unspecified atom stereocenters. The second kappa shape index (κ2) is 4.45. The van der Waals surface area contributed by atoms with Crippen molar-refractivity contribution in [3.8, 4) is 0 Å². The molecule has 0 aromatic carbocycles.